The van der Waals surface area contributed by atoms with Gasteiger partial charge in [0.25, 0.3) is 0 Å². The minimum Gasteiger partial charge on any atom is -0.464 e. The Morgan fingerprint density at radius 1 is 1.18 bits per heavy atom. The molecule has 1 aromatic heterocycles. The summed E-state index contributed by atoms with van der Waals surface area (Å²) in [4.78, 5) is 19.8. The molecule has 2 aromatic rings. The van der Waals surface area contributed by atoms with Crippen molar-refractivity contribution in [2.24, 2.45) is 0 Å². The second-order valence-electron chi connectivity index (χ2n) is 4.33. The van der Waals surface area contributed by atoms with Gasteiger partial charge in [0.05, 0.1) is 24.7 Å². The van der Waals surface area contributed by atoms with Crippen molar-refractivity contribution in [3.8, 4) is 17.5 Å². The van der Waals surface area contributed by atoms with Crippen molar-refractivity contribution in [3.05, 3.63) is 30.6 Å². The fourth-order valence-electron chi connectivity index (χ4n) is 1.85. The number of nitrogens with one attached hydrogen (secondary N) is 2. The first-order valence-corrected chi connectivity index (χ1v) is 6.67. The van der Waals surface area contributed by atoms with E-state index in [4.69, 9.17) is 14.2 Å². The molecule has 0 radical (unpaired) electrons. The van der Waals surface area contributed by atoms with Gasteiger partial charge in [-0.25, -0.2) is 14.8 Å². The van der Waals surface area contributed by atoms with Crippen LogP contribution in [0.2, 0.25) is 0 Å². The lowest BCUT2D eigenvalue weighted by Crippen LogP contribution is -2.19. The van der Waals surface area contributed by atoms with Crippen LogP contribution in [0.15, 0.2) is 30.6 Å². The average molecular weight is 302 g/mol. The molecule has 0 bridgehead atoms. The van der Waals surface area contributed by atoms with Crippen LogP contribution in [0.3, 0.4) is 0 Å². The van der Waals surface area contributed by atoms with Gasteiger partial charge in [0.2, 0.25) is 6.79 Å². The van der Waals surface area contributed by atoms with Crippen molar-refractivity contribution < 1.29 is 19.0 Å². The number of anilines is 2. The van der Waals surface area contributed by atoms with E-state index < -0.39 is 6.03 Å². The van der Waals surface area contributed by atoms with Gasteiger partial charge in [-0.3, -0.25) is 0 Å². The number of aromatic nitrogens is 2. The minimum atomic E-state index is -0.411. The van der Waals surface area contributed by atoms with Gasteiger partial charge < -0.3 is 24.8 Å². The van der Waals surface area contributed by atoms with Crippen LogP contribution in [0.5, 0.6) is 17.5 Å². The highest BCUT2D eigenvalue weighted by Crippen LogP contribution is 2.34. The zero-order chi connectivity index (χ0) is 15.4. The summed E-state index contributed by atoms with van der Waals surface area (Å²) >= 11 is 0. The molecule has 22 heavy (non-hydrogen) atoms. The van der Waals surface area contributed by atoms with E-state index in [9.17, 15) is 4.79 Å². The van der Waals surface area contributed by atoms with Gasteiger partial charge in [0.15, 0.2) is 11.5 Å². The molecule has 0 atom stereocenters. The summed E-state index contributed by atoms with van der Waals surface area (Å²) in [6.07, 6.45) is 2.94. The average Bonchev–Trinajstić information content (AvgIpc) is 2.97. The van der Waals surface area contributed by atoms with Gasteiger partial charge in [-0.15, -0.1) is 0 Å². The number of carbonyl (C=O) groups is 1. The standard InChI is InChI=1S/C14H14N4O4/c1-2-20-14-15-6-10(7-16-14)18-13(19)17-9-3-4-11-12(5-9)22-8-21-11/h3-7H,2,8H2,1H3,(H2,17,18,19). The second-order valence-corrected chi connectivity index (χ2v) is 4.33. The third-order valence-corrected chi connectivity index (χ3v) is 2.79. The Morgan fingerprint density at radius 3 is 2.68 bits per heavy atom. The SMILES string of the molecule is CCOc1ncc(NC(=O)Nc2ccc3c(c2)OCO3)cn1. The van der Waals surface area contributed by atoms with Crippen molar-refractivity contribution in [1.82, 2.24) is 9.97 Å². The molecule has 0 fully saturated rings. The largest absolute Gasteiger partial charge is 0.464 e. The quantitative estimate of drug-likeness (QED) is 0.899. The van der Waals surface area contributed by atoms with Gasteiger partial charge in [-0.05, 0) is 19.1 Å². The Labute approximate surface area is 126 Å². The Hall–Kier alpha value is -3.03. The lowest BCUT2D eigenvalue weighted by Gasteiger charge is -2.08. The van der Waals surface area contributed by atoms with Crippen LogP contribution in [0.1, 0.15) is 6.92 Å². The lowest BCUT2D eigenvalue weighted by molar-refractivity contribution is 0.174. The van der Waals surface area contributed by atoms with Crippen LogP contribution in [0.4, 0.5) is 16.2 Å². The molecule has 2 amide bonds. The molecular formula is C14H14N4O4. The van der Waals surface area contributed by atoms with E-state index in [-0.39, 0.29) is 12.8 Å². The van der Waals surface area contributed by atoms with Crippen LogP contribution < -0.4 is 24.8 Å². The zero-order valence-corrected chi connectivity index (χ0v) is 11.8. The monoisotopic (exact) mass is 302 g/mol. The zero-order valence-electron chi connectivity index (χ0n) is 11.8. The topological polar surface area (TPSA) is 94.6 Å². The maximum atomic E-state index is 11.9. The molecule has 0 aliphatic carbocycles. The van der Waals surface area contributed by atoms with Crippen LogP contribution >= 0.6 is 0 Å². The van der Waals surface area contributed by atoms with Gasteiger partial charge >= 0.3 is 12.0 Å². The normalized spacial score (nSPS) is 11.9. The van der Waals surface area contributed by atoms with E-state index in [2.05, 4.69) is 20.6 Å². The first-order valence-electron chi connectivity index (χ1n) is 6.67. The number of fused-ring (bicyclic) bond motifs is 1. The predicted octanol–water partition coefficient (Wildman–Crippen LogP) is 2.25. The van der Waals surface area contributed by atoms with Gasteiger partial charge in [-0.2, -0.15) is 0 Å². The van der Waals surface area contributed by atoms with Crippen LogP contribution in [0.25, 0.3) is 0 Å². The lowest BCUT2D eigenvalue weighted by atomic mass is 10.3. The summed E-state index contributed by atoms with van der Waals surface area (Å²) in [5.41, 5.74) is 1.05. The number of hydrogen-bond donors (Lipinski definition) is 2. The molecule has 1 aliphatic rings. The highest BCUT2D eigenvalue weighted by Gasteiger charge is 2.14. The smallest absolute Gasteiger partial charge is 0.323 e. The van der Waals surface area contributed by atoms with E-state index >= 15 is 0 Å². The minimum absolute atomic E-state index is 0.189. The molecule has 0 saturated heterocycles. The molecule has 1 aliphatic heterocycles. The summed E-state index contributed by atoms with van der Waals surface area (Å²) < 4.78 is 15.6. The maximum Gasteiger partial charge on any atom is 0.323 e. The number of rotatable bonds is 4. The van der Waals surface area contributed by atoms with E-state index in [0.29, 0.717) is 29.5 Å². The Morgan fingerprint density at radius 2 is 1.91 bits per heavy atom. The Bertz CT molecular complexity index is 675. The second kappa shape index (κ2) is 6.17. The third kappa shape index (κ3) is 3.17. The Balaban J connectivity index is 1.60. The summed E-state index contributed by atoms with van der Waals surface area (Å²) in [5, 5.41) is 5.31. The van der Waals surface area contributed by atoms with Crippen molar-refractivity contribution >= 4 is 17.4 Å². The summed E-state index contributed by atoms with van der Waals surface area (Å²) in [6, 6.07) is 5.01. The van der Waals surface area contributed by atoms with Crippen molar-refractivity contribution in [1.29, 1.82) is 0 Å². The van der Waals surface area contributed by atoms with Crippen molar-refractivity contribution in [2.75, 3.05) is 24.0 Å². The van der Waals surface area contributed by atoms with Crippen molar-refractivity contribution in [3.63, 3.8) is 0 Å². The first-order chi connectivity index (χ1) is 10.7. The molecule has 0 unspecified atom stereocenters. The molecule has 0 spiro atoms. The first kappa shape index (κ1) is 13.9. The van der Waals surface area contributed by atoms with Crippen LogP contribution in [-0.2, 0) is 0 Å². The number of amides is 2. The molecule has 8 heteroatoms. The number of urea groups is 1. The summed E-state index contributed by atoms with van der Waals surface area (Å²) in [6.45, 7) is 2.51. The number of hydrogen-bond acceptors (Lipinski definition) is 6. The number of carbonyl (C=O) groups excluding carboxylic acids is 1. The van der Waals surface area contributed by atoms with Crippen LogP contribution in [0, 0.1) is 0 Å². The highest BCUT2D eigenvalue weighted by molar-refractivity contribution is 5.99. The van der Waals surface area contributed by atoms with Gasteiger partial charge in [0.1, 0.15) is 0 Å². The van der Waals surface area contributed by atoms with Crippen molar-refractivity contribution in [2.45, 2.75) is 6.92 Å². The van der Waals surface area contributed by atoms with Gasteiger partial charge in [0, 0.05) is 11.8 Å². The van der Waals surface area contributed by atoms with E-state index in [1.807, 2.05) is 6.92 Å². The van der Waals surface area contributed by atoms with Gasteiger partial charge in [-0.1, -0.05) is 0 Å². The van der Waals surface area contributed by atoms with E-state index in [0.717, 1.165) is 0 Å². The molecular weight excluding hydrogens is 288 g/mol. The molecule has 114 valence electrons. The molecule has 2 N–H and O–H groups in total. The number of benzene rings is 1. The predicted molar refractivity (Wildman–Crippen MR) is 78.4 cm³/mol. The molecule has 8 nitrogen and oxygen atoms in total. The van der Waals surface area contributed by atoms with E-state index in [1.165, 1.54) is 12.4 Å². The number of nitrogens with zero attached hydrogens (tertiary/aromatic N) is 2. The fourth-order valence-corrected chi connectivity index (χ4v) is 1.85. The molecule has 3 rings (SSSR count). The summed E-state index contributed by atoms with van der Waals surface area (Å²) in [5.74, 6) is 1.26. The molecule has 0 saturated carbocycles. The molecule has 2 heterocycles. The van der Waals surface area contributed by atoms with E-state index in [1.54, 1.807) is 18.2 Å². The molecule has 1 aromatic carbocycles. The number of ether oxygens (including phenoxy) is 3. The summed E-state index contributed by atoms with van der Waals surface area (Å²) in [7, 11) is 0. The Kier molecular flexibility index (Phi) is 3.90. The third-order valence-electron chi connectivity index (χ3n) is 2.79. The fraction of sp³-hybridized carbons (Fsp3) is 0.214. The highest BCUT2D eigenvalue weighted by atomic mass is 16.7. The van der Waals surface area contributed by atoms with Crippen LogP contribution in [-0.4, -0.2) is 29.4 Å². The maximum absolute atomic E-state index is 11.9.